The number of carbonyl (C=O) groups excluding carboxylic acids is 1. The van der Waals surface area contributed by atoms with E-state index in [-0.39, 0.29) is 24.2 Å². The SMILES string of the molecule is Nc1cc(NC(=O)CCN2CCCCC2CO)ccc1F. The molecule has 21 heavy (non-hydrogen) atoms. The standard InChI is InChI=1S/C15H22FN3O2/c16-13-5-4-11(9-14(13)17)18-15(21)6-8-19-7-2-1-3-12(19)10-20/h4-5,9,12,20H,1-3,6-8,10,17H2,(H,18,21). The number of nitrogens with zero attached hydrogens (tertiary/aromatic N) is 1. The molecule has 0 spiro atoms. The van der Waals surface area contributed by atoms with E-state index in [0.717, 1.165) is 25.8 Å². The molecule has 1 amide bonds. The van der Waals surface area contributed by atoms with E-state index in [0.29, 0.717) is 18.7 Å². The van der Waals surface area contributed by atoms with Crippen molar-refractivity contribution < 1.29 is 14.3 Å². The van der Waals surface area contributed by atoms with Gasteiger partial charge in [-0.3, -0.25) is 9.69 Å². The molecular formula is C15H22FN3O2. The lowest BCUT2D eigenvalue weighted by atomic mass is 10.0. The largest absolute Gasteiger partial charge is 0.396 e. The van der Waals surface area contributed by atoms with Gasteiger partial charge in [0, 0.05) is 24.7 Å². The summed E-state index contributed by atoms with van der Waals surface area (Å²) in [6, 6.07) is 4.29. The van der Waals surface area contributed by atoms with Crippen molar-refractivity contribution in [3.8, 4) is 0 Å². The van der Waals surface area contributed by atoms with Gasteiger partial charge in [0.15, 0.2) is 0 Å². The molecule has 4 N–H and O–H groups in total. The molecule has 5 nitrogen and oxygen atoms in total. The van der Waals surface area contributed by atoms with E-state index in [1.165, 1.54) is 18.2 Å². The number of likely N-dealkylation sites (tertiary alicyclic amines) is 1. The minimum atomic E-state index is -0.493. The van der Waals surface area contributed by atoms with Gasteiger partial charge in [0.05, 0.1) is 12.3 Å². The number of hydrogen-bond acceptors (Lipinski definition) is 4. The first-order valence-electron chi connectivity index (χ1n) is 7.30. The number of nitrogen functional groups attached to an aromatic ring is 1. The Hall–Kier alpha value is -1.66. The van der Waals surface area contributed by atoms with Crippen molar-refractivity contribution in [1.29, 1.82) is 0 Å². The maximum absolute atomic E-state index is 13.0. The smallest absolute Gasteiger partial charge is 0.225 e. The third-order valence-corrected chi connectivity index (χ3v) is 3.87. The fourth-order valence-electron chi connectivity index (χ4n) is 2.65. The van der Waals surface area contributed by atoms with E-state index in [9.17, 15) is 14.3 Å². The molecule has 0 aliphatic carbocycles. The molecule has 1 aliphatic heterocycles. The van der Waals surface area contributed by atoms with E-state index >= 15 is 0 Å². The quantitative estimate of drug-likeness (QED) is 0.721. The van der Waals surface area contributed by atoms with Gasteiger partial charge >= 0.3 is 0 Å². The van der Waals surface area contributed by atoms with Crippen LogP contribution in [-0.2, 0) is 4.79 Å². The summed E-state index contributed by atoms with van der Waals surface area (Å²) in [6.45, 7) is 1.67. The van der Waals surface area contributed by atoms with Crippen LogP contribution in [0, 0.1) is 5.82 Å². The third-order valence-electron chi connectivity index (χ3n) is 3.87. The molecule has 0 saturated carbocycles. The van der Waals surface area contributed by atoms with Gasteiger partial charge < -0.3 is 16.2 Å². The van der Waals surface area contributed by atoms with Crippen LogP contribution in [0.1, 0.15) is 25.7 Å². The van der Waals surface area contributed by atoms with Gasteiger partial charge in [-0.2, -0.15) is 0 Å². The summed E-state index contributed by atoms with van der Waals surface area (Å²) in [5.41, 5.74) is 5.98. The minimum absolute atomic E-state index is 0.0178. The summed E-state index contributed by atoms with van der Waals surface area (Å²) in [4.78, 5) is 14.1. The van der Waals surface area contributed by atoms with E-state index in [2.05, 4.69) is 10.2 Å². The van der Waals surface area contributed by atoms with Crippen molar-refractivity contribution in [2.75, 3.05) is 30.7 Å². The van der Waals surface area contributed by atoms with Crippen LogP contribution in [0.25, 0.3) is 0 Å². The first kappa shape index (κ1) is 15.7. The molecule has 0 radical (unpaired) electrons. The number of hydrogen-bond donors (Lipinski definition) is 3. The lowest BCUT2D eigenvalue weighted by Crippen LogP contribution is -2.43. The van der Waals surface area contributed by atoms with Crippen molar-refractivity contribution in [2.24, 2.45) is 0 Å². The van der Waals surface area contributed by atoms with E-state index < -0.39 is 5.82 Å². The average molecular weight is 295 g/mol. The fraction of sp³-hybridized carbons (Fsp3) is 0.533. The van der Waals surface area contributed by atoms with Crippen LogP contribution in [0.5, 0.6) is 0 Å². The zero-order valence-corrected chi connectivity index (χ0v) is 12.0. The summed E-state index contributed by atoms with van der Waals surface area (Å²) in [5.74, 6) is -0.629. The zero-order chi connectivity index (χ0) is 15.2. The number of benzene rings is 1. The van der Waals surface area contributed by atoms with Gasteiger partial charge in [0.1, 0.15) is 5.82 Å². The topological polar surface area (TPSA) is 78.6 Å². The Bertz CT molecular complexity index is 496. The minimum Gasteiger partial charge on any atom is -0.396 e. The van der Waals surface area contributed by atoms with Gasteiger partial charge in [0.2, 0.25) is 5.91 Å². The van der Waals surface area contributed by atoms with Crippen molar-refractivity contribution in [3.63, 3.8) is 0 Å². The van der Waals surface area contributed by atoms with E-state index in [1.54, 1.807) is 0 Å². The second-order valence-corrected chi connectivity index (χ2v) is 5.40. The molecular weight excluding hydrogens is 273 g/mol. The van der Waals surface area contributed by atoms with Crippen molar-refractivity contribution in [3.05, 3.63) is 24.0 Å². The van der Waals surface area contributed by atoms with Crippen LogP contribution >= 0.6 is 0 Å². The summed E-state index contributed by atoms with van der Waals surface area (Å²) >= 11 is 0. The van der Waals surface area contributed by atoms with Crippen LogP contribution in [0.3, 0.4) is 0 Å². The van der Waals surface area contributed by atoms with Crippen LogP contribution in [0.15, 0.2) is 18.2 Å². The van der Waals surface area contributed by atoms with Crippen LogP contribution in [-0.4, -0.2) is 41.7 Å². The Morgan fingerprint density at radius 1 is 1.48 bits per heavy atom. The van der Waals surface area contributed by atoms with Gasteiger partial charge in [-0.25, -0.2) is 4.39 Å². The summed E-state index contributed by atoms with van der Waals surface area (Å²) in [7, 11) is 0. The normalized spacial score (nSPS) is 19.4. The maximum Gasteiger partial charge on any atom is 0.225 e. The van der Waals surface area contributed by atoms with Gasteiger partial charge in [0.25, 0.3) is 0 Å². The molecule has 2 rings (SSSR count). The Morgan fingerprint density at radius 2 is 2.29 bits per heavy atom. The Labute approximate surface area is 123 Å². The molecule has 6 heteroatoms. The zero-order valence-electron chi connectivity index (χ0n) is 12.0. The molecule has 0 bridgehead atoms. The molecule has 1 aromatic rings. The number of aliphatic hydroxyl groups is 1. The van der Waals surface area contributed by atoms with E-state index in [1.807, 2.05) is 0 Å². The van der Waals surface area contributed by atoms with Gasteiger partial charge in [-0.15, -0.1) is 0 Å². The molecule has 1 atom stereocenters. The summed E-state index contributed by atoms with van der Waals surface area (Å²) in [6.07, 6.45) is 3.55. The second-order valence-electron chi connectivity index (χ2n) is 5.40. The first-order chi connectivity index (χ1) is 10.1. The highest BCUT2D eigenvalue weighted by Gasteiger charge is 2.21. The predicted octanol–water partition coefficient (Wildman–Crippen LogP) is 1.58. The summed E-state index contributed by atoms with van der Waals surface area (Å²) in [5, 5.41) is 12.0. The third kappa shape index (κ3) is 4.41. The highest BCUT2D eigenvalue weighted by atomic mass is 19.1. The number of aliphatic hydroxyl groups excluding tert-OH is 1. The fourth-order valence-corrected chi connectivity index (χ4v) is 2.65. The molecule has 1 aliphatic rings. The second kappa shape index (κ2) is 7.38. The lowest BCUT2D eigenvalue weighted by Gasteiger charge is -2.34. The number of piperidine rings is 1. The van der Waals surface area contributed by atoms with Crippen LogP contribution in [0.2, 0.25) is 0 Å². The van der Waals surface area contributed by atoms with Gasteiger partial charge in [-0.05, 0) is 37.6 Å². The number of rotatable bonds is 5. The molecule has 1 aromatic carbocycles. The molecule has 0 aromatic heterocycles. The van der Waals surface area contributed by atoms with E-state index in [4.69, 9.17) is 5.73 Å². The van der Waals surface area contributed by atoms with Crippen molar-refractivity contribution in [1.82, 2.24) is 4.90 Å². The number of nitrogens with two attached hydrogens (primary N) is 1. The van der Waals surface area contributed by atoms with Crippen LogP contribution in [0.4, 0.5) is 15.8 Å². The molecule has 1 saturated heterocycles. The summed E-state index contributed by atoms with van der Waals surface area (Å²) < 4.78 is 13.0. The number of anilines is 2. The Balaban J connectivity index is 1.82. The number of carbonyl (C=O) groups is 1. The number of amides is 1. The monoisotopic (exact) mass is 295 g/mol. The molecule has 1 unspecified atom stereocenters. The number of nitrogens with one attached hydrogen (secondary N) is 1. The lowest BCUT2D eigenvalue weighted by molar-refractivity contribution is -0.116. The highest BCUT2D eigenvalue weighted by Crippen LogP contribution is 2.18. The predicted molar refractivity (Wildman–Crippen MR) is 80.4 cm³/mol. The van der Waals surface area contributed by atoms with Crippen molar-refractivity contribution >= 4 is 17.3 Å². The molecule has 116 valence electrons. The molecule has 1 heterocycles. The Morgan fingerprint density at radius 3 is 3.00 bits per heavy atom. The maximum atomic E-state index is 13.0. The average Bonchev–Trinajstić information content (AvgIpc) is 2.49. The van der Waals surface area contributed by atoms with Gasteiger partial charge in [-0.1, -0.05) is 6.42 Å². The van der Waals surface area contributed by atoms with Crippen molar-refractivity contribution in [2.45, 2.75) is 31.7 Å². The molecule has 1 fully saturated rings. The number of halogens is 1. The Kier molecular flexibility index (Phi) is 5.52. The van der Waals surface area contributed by atoms with Crippen LogP contribution < -0.4 is 11.1 Å². The first-order valence-corrected chi connectivity index (χ1v) is 7.30. The highest BCUT2D eigenvalue weighted by molar-refractivity contribution is 5.91.